The molecular formula is C16H16N4O3S. The number of hydrazone groups is 1. The maximum Gasteiger partial charge on any atom is 0.281 e. The van der Waals surface area contributed by atoms with E-state index in [4.69, 9.17) is 5.73 Å². The van der Waals surface area contributed by atoms with Crippen molar-refractivity contribution in [3.05, 3.63) is 52.2 Å². The lowest BCUT2D eigenvalue weighted by Gasteiger charge is -2.06. The molecule has 2 rings (SSSR count). The molecule has 0 fully saturated rings. The zero-order valence-corrected chi connectivity index (χ0v) is 13.7. The van der Waals surface area contributed by atoms with Crippen LogP contribution in [0.25, 0.3) is 0 Å². The molecule has 3 amide bonds. The molecule has 4 N–H and O–H groups in total. The number of carbonyl (C=O) groups excluding carboxylic acids is 3. The predicted octanol–water partition coefficient (Wildman–Crippen LogP) is 1.98. The molecular weight excluding hydrogens is 328 g/mol. The number of hydrogen-bond acceptors (Lipinski definition) is 5. The molecule has 0 saturated heterocycles. The first-order valence-corrected chi connectivity index (χ1v) is 7.90. The van der Waals surface area contributed by atoms with Gasteiger partial charge in [-0.15, -0.1) is 11.3 Å². The number of thiophene rings is 1. The normalized spacial score (nSPS) is 11.0. The first-order valence-electron chi connectivity index (χ1n) is 7.02. The second kappa shape index (κ2) is 8.02. The Bertz CT molecular complexity index is 767. The molecule has 24 heavy (non-hydrogen) atoms. The van der Waals surface area contributed by atoms with Crippen LogP contribution in [0.15, 0.2) is 46.9 Å². The van der Waals surface area contributed by atoms with Gasteiger partial charge in [-0.1, -0.05) is 6.07 Å². The van der Waals surface area contributed by atoms with Gasteiger partial charge in [0.2, 0.25) is 11.8 Å². The number of carbonyl (C=O) groups is 3. The van der Waals surface area contributed by atoms with Gasteiger partial charge >= 0.3 is 0 Å². The van der Waals surface area contributed by atoms with E-state index in [-0.39, 0.29) is 18.2 Å². The lowest BCUT2D eigenvalue weighted by Crippen LogP contribution is -2.20. The highest BCUT2D eigenvalue weighted by Crippen LogP contribution is 2.10. The minimum absolute atomic E-state index is 0.0301. The molecule has 0 saturated carbocycles. The SMILES string of the molecule is CC(CC(=O)Nc1ccc(C(N)=O)cc1)=NNC(=O)c1cccs1. The number of nitrogens with two attached hydrogens (primary N) is 1. The Hall–Kier alpha value is -3.00. The van der Waals surface area contributed by atoms with E-state index in [1.807, 2.05) is 0 Å². The van der Waals surface area contributed by atoms with Crippen LogP contribution in [0.1, 0.15) is 33.4 Å². The van der Waals surface area contributed by atoms with Gasteiger partial charge in [0.1, 0.15) is 0 Å². The Balaban J connectivity index is 1.85. The smallest absolute Gasteiger partial charge is 0.281 e. The lowest BCUT2D eigenvalue weighted by molar-refractivity contribution is -0.115. The van der Waals surface area contributed by atoms with Crippen LogP contribution in [0, 0.1) is 0 Å². The lowest BCUT2D eigenvalue weighted by atomic mass is 10.2. The maximum absolute atomic E-state index is 11.9. The van der Waals surface area contributed by atoms with E-state index in [9.17, 15) is 14.4 Å². The Morgan fingerprint density at radius 3 is 2.46 bits per heavy atom. The second-order valence-electron chi connectivity index (χ2n) is 4.93. The number of nitrogens with one attached hydrogen (secondary N) is 2. The van der Waals surface area contributed by atoms with Crippen molar-refractivity contribution in [3.63, 3.8) is 0 Å². The van der Waals surface area contributed by atoms with Crippen molar-refractivity contribution in [2.45, 2.75) is 13.3 Å². The first-order chi connectivity index (χ1) is 11.5. The van der Waals surface area contributed by atoms with Crippen molar-refractivity contribution in [3.8, 4) is 0 Å². The number of hydrogen-bond donors (Lipinski definition) is 3. The van der Waals surface area contributed by atoms with Crippen molar-refractivity contribution < 1.29 is 14.4 Å². The van der Waals surface area contributed by atoms with E-state index < -0.39 is 5.91 Å². The molecule has 0 aliphatic rings. The highest BCUT2D eigenvalue weighted by Gasteiger charge is 2.08. The van der Waals surface area contributed by atoms with Crippen molar-refractivity contribution >= 4 is 40.5 Å². The maximum atomic E-state index is 11.9. The molecule has 7 nitrogen and oxygen atoms in total. The fraction of sp³-hybridized carbons (Fsp3) is 0.125. The molecule has 1 heterocycles. The Kier molecular flexibility index (Phi) is 5.80. The summed E-state index contributed by atoms with van der Waals surface area (Å²) in [4.78, 5) is 35.2. The van der Waals surface area contributed by atoms with Crippen LogP contribution < -0.4 is 16.5 Å². The highest BCUT2D eigenvalue weighted by atomic mass is 32.1. The van der Waals surface area contributed by atoms with Crippen LogP contribution in [-0.2, 0) is 4.79 Å². The fourth-order valence-corrected chi connectivity index (χ4v) is 2.42. The minimum Gasteiger partial charge on any atom is -0.366 e. The number of primary amides is 1. The second-order valence-corrected chi connectivity index (χ2v) is 5.88. The summed E-state index contributed by atoms with van der Waals surface area (Å²) < 4.78 is 0. The summed E-state index contributed by atoms with van der Waals surface area (Å²) in [7, 11) is 0. The fourth-order valence-electron chi connectivity index (χ4n) is 1.80. The molecule has 1 aromatic carbocycles. The van der Waals surface area contributed by atoms with Gasteiger partial charge in [-0.05, 0) is 42.6 Å². The third kappa shape index (κ3) is 5.03. The summed E-state index contributed by atoms with van der Waals surface area (Å²) in [6, 6.07) is 9.69. The zero-order valence-electron chi connectivity index (χ0n) is 12.9. The van der Waals surface area contributed by atoms with Crippen LogP contribution >= 0.6 is 11.3 Å². The molecule has 0 aliphatic heterocycles. The molecule has 1 aromatic heterocycles. The van der Waals surface area contributed by atoms with Crippen molar-refractivity contribution in [2.75, 3.05) is 5.32 Å². The molecule has 0 radical (unpaired) electrons. The van der Waals surface area contributed by atoms with Crippen molar-refractivity contribution in [1.82, 2.24) is 5.43 Å². The highest BCUT2D eigenvalue weighted by molar-refractivity contribution is 7.12. The van der Waals surface area contributed by atoms with Gasteiger partial charge in [-0.25, -0.2) is 5.43 Å². The number of rotatable bonds is 6. The summed E-state index contributed by atoms with van der Waals surface area (Å²) in [5.41, 5.74) is 8.92. The molecule has 0 aliphatic carbocycles. The van der Waals surface area contributed by atoms with Crippen molar-refractivity contribution in [1.29, 1.82) is 0 Å². The summed E-state index contributed by atoms with van der Waals surface area (Å²) in [6.07, 6.45) is 0.0301. The molecule has 0 bridgehead atoms. The number of anilines is 1. The quantitative estimate of drug-likeness (QED) is 0.550. The average Bonchev–Trinajstić information content (AvgIpc) is 3.07. The average molecular weight is 344 g/mol. The number of nitrogens with zero attached hydrogens (tertiary/aromatic N) is 1. The van der Waals surface area contributed by atoms with Crippen LogP contribution in [0.3, 0.4) is 0 Å². The number of benzene rings is 1. The number of amides is 3. The summed E-state index contributed by atoms with van der Waals surface area (Å²) in [5.74, 6) is -1.13. The molecule has 2 aromatic rings. The minimum atomic E-state index is -0.530. The first kappa shape index (κ1) is 17.4. The summed E-state index contributed by atoms with van der Waals surface area (Å²) in [6.45, 7) is 1.64. The van der Waals surface area contributed by atoms with E-state index in [1.54, 1.807) is 36.6 Å². The van der Waals surface area contributed by atoms with Crippen LogP contribution in [0.4, 0.5) is 5.69 Å². The van der Waals surface area contributed by atoms with Crippen LogP contribution in [0.2, 0.25) is 0 Å². The van der Waals surface area contributed by atoms with Gasteiger partial charge in [0.05, 0.1) is 11.3 Å². The van der Waals surface area contributed by atoms with E-state index in [2.05, 4.69) is 15.8 Å². The largest absolute Gasteiger partial charge is 0.366 e. The molecule has 0 unspecified atom stereocenters. The van der Waals surface area contributed by atoms with Gasteiger partial charge < -0.3 is 11.1 Å². The Labute approximate surface area is 142 Å². The van der Waals surface area contributed by atoms with Crippen molar-refractivity contribution in [2.24, 2.45) is 10.8 Å². The Morgan fingerprint density at radius 1 is 1.17 bits per heavy atom. The third-order valence-corrected chi connectivity index (χ3v) is 3.83. The zero-order chi connectivity index (χ0) is 17.5. The van der Waals surface area contributed by atoms with Gasteiger partial charge in [0.15, 0.2) is 0 Å². The van der Waals surface area contributed by atoms with E-state index in [1.165, 1.54) is 23.5 Å². The topological polar surface area (TPSA) is 114 Å². The van der Waals surface area contributed by atoms with E-state index >= 15 is 0 Å². The third-order valence-electron chi connectivity index (χ3n) is 2.96. The van der Waals surface area contributed by atoms with Gasteiger partial charge in [0.25, 0.3) is 5.91 Å². The predicted molar refractivity (Wildman–Crippen MR) is 93.1 cm³/mol. The standard InChI is InChI=1S/C16H16N4O3S/c1-10(19-20-16(23)13-3-2-8-24-13)9-14(21)18-12-6-4-11(5-7-12)15(17)22/h2-8H,9H2,1H3,(H2,17,22)(H,18,21)(H,20,23). The molecule has 0 atom stereocenters. The molecule has 8 heteroatoms. The molecule has 0 spiro atoms. The van der Waals surface area contributed by atoms with Gasteiger partial charge in [-0.3, -0.25) is 14.4 Å². The monoisotopic (exact) mass is 344 g/mol. The van der Waals surface area contributed by atoms with E-state index in [0.29, 0.717) is 21.8 Å². The molecule has 124 valence electrons. The van der Waals surface area contributed by atoms with Gasteiger partial charge in [0, 0.05) is 17.0 Å². The summed E-state index contributed by atoms with van der Waals surface area (Å²) >= 11 is 1.31. The van der Waals surface area contributed by atoms with Crippen LogP contribution in [0.5, 0.6) is 0 Å². The Morgan fingerprint density at radius 2 is 1.88 bits per heavy atom. The summed E-state index contributed by atoms with van der Waals surface area (Å²) in [5, 5.41) is 8.37. The van der Waals surface area contributed by atoms with Gasteiger partial charge in [-0.2, -0.15) is 5.10 Å². The van der Waals surface area contributed by atoms with E-state index in [0.717, 1.165) is 0 Å². The van der Waals surface area contributed by atoms with Crippen LogP contribution in [-0.4, -0.2) is 23.4 Å².